The highest BCUT2D eigenvalue weighted by atomic mass is 19.3. The SMILES string of the molecule is O=C(O)C1Cc2c(cccc2OCc2ccccc2)CN1C(=O)C(OC1CC(F)(F)C1)c1ccccc1. The summed E-state index contributed by atoms with van der Waals surface area (Å²) in [5, 5.41) is 10.1. The molecule has 6 nitrogen and oxygen atoms in total. The maximum absolute atomic E-state index is 13.8. The Morgan fingerprint density at radius 1 is 0.973 bits per heavy atom. The highest BCUT2D eigenvalue weighted by molar-refractivity contribution is 5.88. The number of rotatable bonds is 8. The van der Waals surface area contributed by atoms with Gasteiger partial charge >= 0.3 is 5.97 Å². The maximum Gasteiger partial charge on any atom is 0.326 e. The van der Waals surface area contributed by atoms with E-state index in [2.05, 4.69) is 0 Å². The Labute approximate surface area is 213 Å². The van der Waals surface area contributed by atoms with Crippen LogP contribution in [0.2, 0.25) is 0 Å². The van der Waals surface area contributed by atoms with Crippen LogP contribution in [0.25, 0.3) is 0 Å². The van der Waals surface area contributed by atoms with E-state index >= 15 is 0 Å². The molecule has 1 amide bonds. The molecule has 8 heteroatoms. The molecule has 1 aliphatic heterocycles. The van der Waals surface area contributed by atoms with Crippen molar-refractivity contribution in [2.24, 2.45) is 0 Å². The number of carbonyl (C=O) groups excluding carboxylic acids is 1. The van der Waals surface area contributed by atoms with Gasteiger partial charge in [0.2, 0.25) is 0 Å². The van der Waals surface area contributed by atoms with Gasteiger partial charge in [-0.05, 0) is 22.8 Å². The number of ether oxygens (including phenoxy) is 2. The summed E-state index contributed by atoms with van der Waals surface area (Å²) in [6.45, 7) is 0.370. The smallest absolute Gasteiger partial charge is 0.326 e. The monoisotopic (exact) mass is 507 g/mol. The first-order valence-corrected chi connectivity index (χ1v) is 12.2. The fourth-order valence-electron chi connectivity index (χ4n) is 4.86. The second-order valence-corrected chi connectivity index (χ2v) is 9.51. The average Bonchev–Trinajstić information content (AvgIpc) is 2.89. The van der Waals surface area contributed by atoms with Gasteiger partial charge in [0.15, 0.2) is 6.10 Å². The molecule has 0 aromatic heterocycles. The summed E-state index contributed by atoms with van der Waals surface area (Å²) in [5.41, 5.74) is 2.99. The largest absolute Gasteiger partial charge is 0.489 e. The number of carbonyl (C=O) groups is 2. The number of amides is 1. The Morgan fingerprint density at radius 3 is 2.30 bits per heavy atom. The van der Waals surface area contributed by atoms with E-state index in [1.165, 1.54) is 4.90 Å². The molecule has 3 aromatic rings. The van der Waals surface area contributed by atoms with Gasteiger partial charge < -0.3 is 19.5 Å². The summed E-state index contributed by atoms with van der Waals surface area (Å²) in [7, 11) is 0. The van der Waals surface area contributed by atoms with E-state index in [1.807, 2.05) is 42.5 Å². The lowest BCUT2D eigenvalue weighted by Gasteiger charge is -2.40. The van der Waals surface area contributed by atoms with Crippen LogP contribution in [0.1, 0.15) is 41.2 Å². The van der Waals surface area contributed by atoms with Gasteiger partial charge in [0.05, 0.1) is 6.10 Å². The summed E-state index contributed by atoms with van der Waals surface area (Å²) in [5.74, 6) is -3.94. The van der Waals surface area contributed by atoms with Crippen molar-refractivity contribution >= 4 is 11.9 Å². The van der Waals surface area contributed by atoms with Crippen LogP contribution in [0, 0.1) is 0 Å². The van der Waals surface area contributed by atoms with Gasteiger partial charge in [-0.1, -0.05) is 72.8 Å². The van der Waals surface area contributed by atoms with Crippen LogP contribution < -0.4 is 4.74 Å². The quantitative estimate of drug-likeness (QED) is 0.456. The van der Waals surface area contributed by atoms with E-state index in [9.17, 15) is 23.5 Å². The highest BCUT2D eigenvalue weighted by Gasteiger charge is 2.48. The maximum atomic E-state index is 13.8. The number of hydrogen-bond donors (Lipinski definition) is 1. The molecule has 2 unspecified atom stereocenters. The predicted octanol–water partition coefficient (Wildman–Crippen LogP) is 5.16. The van der Waals surface area contributed by atoms with Crippen LogP contribution in [0.5, 0.6) is 5.75 Å². The first-order valence-electron chi connectivity index (χ1n) is 12.2. The van der Waals surface area contributed by atoms with Gasteiger partial charge in [-0.3, -0.25) is 4.79 Å². The first kappa shape index (κ1) is 24.9. The van der Waals surface area contributed by atoms with E-state index in [0.29, 0.717) is 17.9 Å². The summed E-state index contributed by atoms with van der Waals surface area (Å²) in [4.78, 5) is 27.4. The molecule has 0 bridgehead atoms. The summed E-state index contributed by atoms with van der Waals surface area (Å²) >= 11 is 0. The van der Waals surface area contributed by atoms with Crippen LogP contribution in [0.3, 0.4) is 0 Å². The molecule has 0 saturated heterocycles. The van der Waals surface area contributed by atoms with Crippen molar-refractivity contribution in [3.8, 4) is 5.75 Å². The molecular formula is C29H27F2NO5. The van der Waals surface area contributed by atoms with Gasteiger partial charge in [-0.2, -0.15) is 0 Å². The van der Waals surface area contributed by atoms with Gasteiger partial charge in [0.25, 0.3) is 11.8 Å². The number of carboxylic acid groups (broad SMARTS) is 1. The van der Waals surface area contributed by atoms with Crippen molar-refractivity contribution < 1.29 is 33.0 Å². The van der Waals surface area contributed by atoms with E-state index < -0.39 is 48.9 Å². The molecule has 192 valence electrons. The molecule has 3 aromatic carbocycles. The summed E-state index contributed by atoms with van der Waals surface area (Å²) < 4.78 is 38.8. The molecule has 0 spiro atoms. The van der Waals surface area contributed by atoms with Crippen LogP contribution in [-0.4, -0.2) is 40.0 Å². The molecule has 1 N–H and O–H groups in total. The van der Waals surface area contributed by atoms with Crippen molar-refractivity contribution in [3.63, 3.8) is 0 Å². The van der Waals surface area contributed by atoms with Gasteiger partial charge in [-0.15, -0.1) is 0 Å². The summed E-state index contributed by atoms with van der Waals surface area (Å²) in [6.07, 6.45) is -2.82. The van der Waals surface area contributed by atoms with Crippen LogP contribution >= 0.6 is 0 Å². The molecule has 1 saturated carbocycles. The van der Waals surface area contributed by atoms with Crippen molar-refractivity contribution in [1.82, 2.24) is 4.90 Å². The second kappa shape index (κ2) is 10.3. The van der Waals surface area contributed by atoms with E-state index in [-0.39, 0.29) is 13.0 Å². The van der Waals surface area contributed by atoms with Crippen molar-refractivity contribution in [3.05, 3.63) is 101 Å². The van der Waals surface area contributed by atoms with Crippen LogP contribution in [-0.2, 0) is 33.9 Å². The van der Waals surface area contributed by atoms with Gasteiger partial charge in [0, 0.05) is 31.4 Å². The third kappa shape index (κ3) is 5.49. The molecule has 5 rings (SSSR count). The van der Waals surface area contributed by atoms with Gasteiger partial charge in [0.1, 0.15) is 18.4 Å². The van der Waals surface area contributed by atoms with Crippen molar-refractivity contribution in [1.29, 1.82) is 0 Å². The van der Waals surface area contributed by atoms with Crippen molar-refractivity contribution in [2.75, 3.05) is 0 Å². The fourth-order valence-corrected chi connectivity index (χ4v) is 4.86. The minimum Gasteiger partial charge on any atom is -0.489 e. The molecule has 1 heterocycles. The molecular weight excluding hydrogens is 480 g/mol. The second-order valence-electron chi connectivity index (χ2n) is 9.51. The first-order chi connectivity index (χ1) is 17.8. The topological polar surface area (TPSA) is 76.1 Å². The number of benzene rings is 3. The zero-order chi connectivity index (χ0) is 26.0. The molecule has 2 aliphatic rings. The Balaban J connectivity index is 1.40. The lowest BCUT2D eigenvalue weighted by molar-refractivity contribution is -0.193. The minimum absolute atomic E-state index is 0.0428. The molecule has 0 radical (unpaired) electrons. The number of carboxylic acids is 1. The number of halogens is 2. The average molecular weight is 508 g/mol. The molecule has 1 fully saturated rings. The number of nitrogens with zero attached hydrogens (tertiary/aromatic N) is 1. The zero-order valence-electron chi connectivity index (χ0n) is 20.1. The Kier molecular flexibility index (Phi) is 6.93. The van der Waals surface area contributed by atoms with Crippen molar-refractivity contribution in [2.45, 2.75) is 56.6 Å². The predicted molar refractivity (Wildman–Crippen MR) is 131 cm³/mol. The van der Waals surface area contributed by atoms with Crippen LogP contribution in [0.15, 0.2) is 78.9 Å². The number of alkyl halides is 2. The fraction of sp³-hybridized carbons (Fsp3) is 0.310. The number of hydrogen-bond acceptors (Lipinski definition) is 4. The number of fused-ring (bicyclic) bond motifs is 1. The summed E-state index contributed by atoms with van der Waals surface area (Å²) in [6, 6.07) is 22.5. The Bertz CT molecular complexity index is 1260. The van der Waals surface area contributed by atoms with Crippen LogP contribution in [0.4, 0.5) is 8.78 Å². The van der Waals surface area contributed by atoms with E-state index in [0.717, 1.165) is 16.7 Å². The third-order valence-corrected chi connectivity index (χ3v) is 6.86. The normalized spacial score (nSPS) is 19.4. The standard InChI is InChI=1S/C29H27F2NO5/c30-29(31)15-22(16-29)37-26(20-10-5-2-6-11-20)27(33)32-17-21-12-7-13-25(23(21)14-24(32)28(34)35)36-18-19-8-3-1-4-9-19/h1-13,22,24,26H,14-18H2,(H,34,35). The zero-order valence-corrected chi connectivity index (χ0v) is 20.1. The molecule has 2 atom stereocenters. The Morgan fingerprint density at radius 2 is 1.65 bits per heavy atom. The highest BCUT2D eigenvalue weighted by Crippen LogP contribution is 2.42. The van der Waals surface area contributed by atoms with Gasteiger partial charge in [-0.25, -0.2) is 13.6 Å². The molecule has 37 heavy (non-hydrogen) atoms. The lowest BCUT2D eigenvalue weighted by Crippen LogP contribution is -2.51. The number of aliphatic carboxylic acids is 1. The molecule has 1 aliphatic carbocycles. The Hall–Kier alpha value is -3.78. The third-order valence-electron chi connectivity index (χ3n) is 6.86. The minimum atomic E-state index is -2.81. The van der Waals surface area contributed by atoms with E-state index in [4.69, 9.17) is 9.47 Å². The lowest BCUT2D eigenvalue weighted by atomic mass is 9.90. The van der Waals surface area contributed by atoms with E-state index in [1.54, 1.807) is 36.4 Å².